The van der Waals surface area contributed by atoms with E-state index in [9.17, 15) is 13.6 Å². The molecule has 2 aliphatic heterocycles. The summed E-state index contributed by atoms with van der Waals surface area (Å²) in [4.78, 5) is 15.4. The highest BCUT2D eigenvalue weighted by Gasteiger charge is 2.46. The molecule has 21 heavy (non-hydrogen) atoms. The molecule has 2 rings (SSSR count). The predicted molar refractivity (Wildman–Crippen MR) is 79.3 cm³/mol. The molecule has 0 bridgehead atoms. The fraction of sp³-hybridized carbons (Fsp3) is 0.938. The van der Waals surface area contributed by atoms with Crippen molar-refractivity contribution in [3.8, 4) is 0 Å². The first kappa shape index (κ1) is 16.7. The second-order valence-electron chi connectivity index (χ2n) is 7.14. The second-order valence-corrected chi connectivity index (χ2v) is 7.14. The molecule has 0 radical (unpaired) electrons. The highest BCUT2D eigenvalue weighted by atomic mass is 19.3. The fourth-order valence-corrected chi connectivity index (χ4v) is 3.32. The number of carbonyl (C=O) groups excluding carboxylic acids is 1. The lowest BCUT2D eigenvalue weighted by Gasteiger charge is -2.42. The average Bonchev–Trinajstić information content (AvgIpc) is 2.42. The van der Waals surface area contributed by atoms with Gasteiger partial charge < -0.3 is 9.80 Å². The second kappa shape index (κ2) is 6.59. The third-order valence-electron chi connectivity index (χ3n) is 4.91. The molecule has 0 aromatic heterocycles. The Morgan fingerprint density at radius 1 is 1.19 bits per heavy atom. The van der Waals surface area contributed by atoms with Crippen LogP contribution >= 0.6 is 0 Å². The molecule has 2 heterocycles. The van der Waals surface area contributed by atoms with Crippen LogP contribution in [0.4, 0.5) is 8.78 Å². The number of hydrogen-bond acceptors (Lipinski definition) is 2. The van der Waals surface area contributed by atoms with Gasteiger partial charge in [-0.2, -0.15) is 0 Å². The van der Waals surface area contributed by atoms with Crippen LogP contribution in [0.25, 0.3) is 0 Å². The van der Waals surface area contributed by atoms with Gasteiger partial charge in [0.15, 0.2) is 0 Å². The normalized spacial score (nSPS) is 28.1. The van der Waals surface area contributed by atoms with Crippen LogP contribution in [0.5, 0.6) is 0 Å². The van der Waals surface area contributed by atoms with E-state index in [1.54, 1.807) is 13.8 Å². The number of amides is 1. The Morgan fingerprint density at radius 3 is 2.33 bits per heavy atom. The van der Waals surface area contributed by atoms with Gasteiger partial charge in [0.2, 0.25) is 5.91 Å². The number of hydrogen-bond donors (Lipinski definition) is 0. The maximum absolute atomic E-state index is 14.4. The van der Waals surface area contributed by atoms with Crippen molar-refractivity contribution < 1.29 is 13.6 Å². The van der Waals surface area contributed by atoms with E-state index < -0.39 is 18.4 Å². The molecule has 2 saturated heterocycles. The zero-order valence-electron chi connectivity index (χ0n) is 13.4. The van der Waals surface area contributed by atoms with Crippen molar-refractivity contribution in [2.45, 2.75) is 46.0 Å². The number of piperidine rings is 2. The van der Waals surface area contributed by atoms with Gasteiger partial charge in [-0.05, 0) is 38.3 Å². The highest BCUT2D eigenvalue weighted by Crippen LogP contribution is 2.34. The molecular formula is C16H28F2N2O. The molecule has 1 amide bonds. The van der Waals surface area contributed by atoms with E-state index in [1.165, 1.54) is 4.90 Å². The van der Waals surface area contributed by atoms with E-state index in [0.717, 1.165) is 25.9 Å². The molecule has 1 unspecified atom stereocenters. The lowest BCUT2D eigenvalue weighted by molar-refractivity contribution is -0.155. The maximum Gasteiger partial charge on any atom is 0.269 e. The molecule has 3 nitrogen and oxygen atoms in total. The molecular weight excluding hydrogens is 274 g/mol. The molecule has 122 valence electrons. The van der Waals surface area contributed by atoms with E-state index in [4.69, 9.17) is 0 Å². The minimum Gasteiger partial charge on any atom is -0.336 e. The van der Waals surface area contributed by atoms with Crippen LogP contribution in [-0.2, 0) is 4.79 Å². The van der Waals surface area contributed by atoms with Crippen molar-refractivity contribution in [1.29, 1.82) is 0 Å². The number of carbonyl (C=O) groups is 1. The van der Waals surface area contributed by atoms with Crippen molar-refractivity contribution in [1.82, 2.24) is 9.80 Å². The first-order chi connectivity index (χ1) is 9.79. The average molecular weight is 302 g/mol. The molecule has 5 heteroatoms. The summed E-state index contributed by atoms with van der Waals surface area (Å²) < 4.78 is 28.7. The van der Waals surface area contributed by atoms with Gasteiger partial charge in [0.1, 0.15) is 0 Å². The summed E-state index contributed by atoms with van der Waals surface area (Å²) in [7, 11) is 0. The van der Waals surface area contributed by atoms with Crippen LogP contribution < -0.4 is 0 Å². The first-order valence-corrected chi connectivity index (χ1v) is 8.18. The van der Waals surface area contributed by atoms with Gasteiger partial charge in [0, 0.05) is 24.9 Å². The van der Waals surface area contributed by atoms with Crippen LogP contribution in [0.15, 0.2) is 0 Å². The zero-order chi connectivity index (χ0) is 15.6. The van der Waals surface area contributed by atoms with Gasteiger partial charge in [-0.15, -0.1) is 0 Å². The zero-order valence-corrected chi connectivity index (χ0v) is 13.4. The van der Waals surface area contributed by atoms with Crippen molar-refractivity contribution in [2.24, 2.45) is 17.8 Å². The van der Waals surface area contributed by atoms with Gasteiger partial charge in [0.25, 0.3) is 5.92 Å². The summed E-state index contributed by atoms with van der Waals surface area (Å²) in [5.74, 6) is -3.01. The summed E-state index contributed by atoms with van der Waals surface area (Å²) in [5.41, 5.74) is 0. The quantitative estimate of drug-likeness (QED) is 0.800. The molecule has 0 N–H and O–H groups in total. The van der Waals surface area contributed by atoms with Gasteiger partial charge in [-0.1, -0.05) is 20.8 Å². The Balaban J connectivity index is 1.90. The number of likely N-dealkylation sites (tertiary alicyclic amines) is 2. The van der Waals surface area contributed by atoms with Crippen LogP contribution in [-0.4, -0.2) is 54.4 Å². The van der Waals surface area contributed by atoms with E-state index >= 15 is 0 Å². The monoisotopic (exact) mass is 302 g/mol. The largest absolute Gasteiger partial charge is 0.336 e. The fourth-order valence-electron chi connectivity index (χ4n) is 3.32. The van der Waals surface area contributed by atoms with Gasteiger partial charge in [-0.3, -0.25) is 4.79 Å². The van der Waals surface area contributed by atoms with Gasteiger partial charge in [0.05, 0.1) is 6.54 Å². The van der Waals surface area contributed by atoms with Crippen molar-refractivity contribution in [3.63, 3.8) is 0 Å². The minimum absolute atomic E-state index is 0.153. The summed E-state index contributed by atoms with van der Waals surface area (Å²) in [6.45, 7) is 8.17. The SMILES string of the molecule is CC1CCN(CC2CCN(C(=O)C(C)C)CC2(F)F)CC1. The standard InChI is InChI=1S/C16H28F2N2O/c1-12(2)15(21)20-9-6-14(16(17,18)11-20)10-19-7-4-13(3)5-8-19/h12-14H,4-11H2,1-3H3. The summed E-state index contributed by atoms with van der Waals surface area (Å²) in [6.07, 6.45) is 2.63. The summed E-state index contributed by atoms with van der Waals surface area (Å²) >= 11 is 0. The third kappa shape index (κ3) is 4.15. The molecule has 0 aliphatic carbocycles. The first-order valence-electron chi connectivity index (χ1n) is 8.18. The van der Waals surface area contributed by atoms with E-state index in [1.807, 2.05) is 0 Å². The van der Waals surface area contributed by atoms with Crippen molar-refractivity contribution in [3.05, 3.63) is 0 Å². The molecule has 1 atom stereocenters. The summed E-state index contributed by atoms with van der Waals surface area (Å²) in [5, 5.41) is 0. The van der Waals surface area contributed by atoms with E-state index in [-0.39, 0.29) is 11.8 Å². The van der Waals surface area contributed by atoms with E-state index in [0.29, 0.717) is 25.4 Å². The molecule has 0 spiro atoms. The van der Waals surface area contributed by atoms with Crippen LogP contribution in [0.1, 0.15) is 40.0 Å². The molecule has 0 aromatic carbocycles. The third-order valence-corrected chi connectivity index (χ3v) is 4.91. The van der Waals surface area contributed by atoms with Gasteiger partial charge >= 0.3 is 0 Å². The van der Waals surface area contributed by atoms with Crippen molar-refractivity contribution >= 4 is 5.91 Å². The molecule has 2 fully saturated rings. The molecule has 2 aliphatic rings. The number of alkyl halides is 2. The Hall–Kier alpha value is -0.710. The van der Waals surface area contributed by atoms with Crippen LogP contribution in [0, 0.1) is 17.8 Å². The Kier molecular flexibility index (Phi) is 5.23. The molecule has 0 saturated carbocycles. The number of rotatable bonds is 3. The molecule has 0 aromatic rings. The Labute approximate surface area is 126 Å². The highest BCUT2D eigenvalue weighted by molar-refractivity contribution is 5.78. The van der Waals surface area contributed by atoms with E-state index in [2.05, 4.69) is 11.8 Å². The van der Waals surface area contributed by atoms with Crippen molar-refractivity contribution in [2.75, 3.05) is 32.7 Å². The predicted octanol–water partition coefficient (Wildman–Crippen LogP) is 2.86. The Morgan fingerprint density at radius 2 is 1.81 bits per heavy atom. The number of nitrogens with zero attached hydrogens (tertiary/aromatic N) is 2. The minimum atomic E-state index is -2.76. The van der Waals surface area contributed by atoms with Gasteiger partial charge in [-0.25, -0.2) is 8.78 Å². The smallest absolute Gasteiger partial charge is 0.269 e. The maximum atomic E-state index is 14.4. The lowest BCUT2D eigenvalue weighted by Crippen LogP contribution is -2.54. The number of halogens is 2. The topological polar surface area (TPSA) is 23.6 Å². The summed E-state index contributed by atoms with van der Waals surface area (Å²) in [6, 6.07) is 0. The Bertz CT molecular complexity index is 365. The van der Waals surface area contributed by atoms with Crippen LogP contribution in [0.2, 0.25) is 0 Å². The van der Waals surface area contributed by atoms with Crippen LogP contribution in [0.3, 0.4) is 0 Å². The lowest BCUT2D eigenvalue weighted by atomic mass is 9.90.